The van der Waals surface area contributed by atoms with Gasteiger partial charge < -0.3 is 19.4 Å². The van der Waals surface area contributed by atoms with Crippen LogP contribution in [-0.2, 0) is 11.3 Å². The van der Waals surface area contributed by atoms with Gasteiger partial charge >= 0.3 is 5.97 Å². The van der Waals surface area contributed by atoms with Crippen molar-refractivity contribution < 1.29 is 18.7 Å². The van der Waals surface area contributed by atoms with Gasteiger partial charge in [-0.05, 0) is 31.2 Å². The Morgan fingerprint density at radius 2 is 2.15 bits per heavy atom. The Kier molecular flexibility index (Phi) is 6.51. The highest BCUT2D eigenvalue weighted by Crippen LogP contribution is 2.31. The van der Waals surface area contributed by atoms with E-state index in [4.69, 9.17) is 9.47 Å². The molecule has 0 saturated heterocycles. The Bertz CT molecular complexity index is 1360. The van der Waals surface area contributed by atoms with Crippen LogP contribution in [0, 0.1) is 17.1 Å². The number of halogens is 1. The van der Waals surface area contributed by atoms with Gasteiger partial charge in [-0.25, -0.2) is 19.2 Å². The Morgan fingerprint density at radius 1 is 1.30 bits per heavy atom. The molecule has 0 saturated carbocycles. The third-order valence-electron chi connectivity index (χ3n) is 4.98. The number of nitrogens with zero attached hydrogens (tertiary/aromatic N) is 4. The first-order valence-electron chi connectivity index (χ1n) is 10.1. The summed E-state index contributed by atoms with van der Waals surface area (Å²) in [5, 5.41) is 15.0. The molecule has 0 spiro atoms. The molecule has 8 nitrogen and oxygen atoms in total. The molecule has 0 aliphatic heterocycles. The molecule has 3 aromatic heterocycles. The molecule has 10 heteroatoms. The number of carbonyl (C=O) groups is 1. The number of benzene rings is 1. The molecule has 168 valence electrons. The van der Waals surface area contributed by atoms with Crippen molar-refractivity contribution in [1.82, 2.24) is 14.5 Å². The molecule has 0 unspecified atom stereocenters. The first kappa shape index (κ1) is 22.2. The highest BCUT2D eigenvalue weighted by atomic mass is 32.1. The van der Waals surface area contributed by atoms with Gasteiger partial charge in [-0.1, -0.05) is 0 Å². The normalized spacial score (nSPS) is 10.7. The average Bonchev–Trinajstić information content (AvgIpc) is 3.46. The van der Waals surface area contributed by atoms with Crippen LogP contribution >= 0.6 is 11.3 Å². The minimum absolute atomic E-state index is 0.312. The van der Waals surface area contributed by atoms with Crippen LogP contribution < -0.4 is 10.1 Å². The van der Waals surface area contributed by atoms with Crippen molar-refractivity contribution in [2.24, 2.45) is 0 Å². The molecular formula is C23H20FN5O3S. The summed E-state index contributed by atoms with van der Waals surface area (Å²) < 4.78 is 26.5. The number of rotatable bonds is 8. The van der Waals surface area contributed by atoms with E-state index in [1.54, 1.807) is 41.1 Å². The standard InChI is InChI=1S/C23H20FN5O3S/c1-3-32-23(30)14-8-20(33-12-14)18-10-21(28-13-27-18)26-6-7-29-15(11-25)9-16-19(31-2)5-4-17(24)22(16)29/h4-5,8-10,12-13H,3,6-7H2,1-2H3,(H,26,27,28). The van der Waals surface area contributed by atoms with Crippen LogP contribution in [0.2, 0.25) is 0 Å². The molecule has 0 bridgehead atoms. The number of carbonyl (C=O) groups excluding carboxylic acids is 1. The molecule has 0 aliphatic carbocycles. The molecule has 0 amide bonds. The van der Waals surface area contributed by atoms with E-state index >= 15 is 0 Å². The number of hydrogen-bond acceptors (Lipinski definition) is 8. The number of hydrogen-bond donors (Lipinski definition) is 1. The maximum Gasteiger partial charge on any atom is 0.338 e. The monoisotopic (exact) mass is 465 g/mol. The Balaban J connectivity index is 1.51. The number of nitriles is 1. The van der Waals surface area contributed by atoms with Crippen LogP contribution in [0.15, 0.2) is 42.0 Å². The molecule has 0 radical (unpaired) electrons. The molecule has 1 N–H and O–H groups in total. The van der Waals surface area contributed by atoms with Crippen LogP contribution in [0.4, 0.5) is 10.2 Å². The number of fused-ring (bicyclic) bond motifs is 1. The van der Waals surface area contributed by atoms with E-state index in [0.717, 1.165) is 4.88 Å². The second-order valence-corrected chi connectivity index (χ2v) is 7.85. The molecule has 3 heterocycles. The van der Waals surface area contributed by atoms with Gasteiger partial charge in [-0.2, -0.15) is 5.26 Å². The summed E-state index contributed by atoms with van der Waals surface area (Å²) in [6.07, 6.45) is 1.43. The summed E-state index contributed by atoms with van der Waals surface area (Å²) in [5.41, 5.74) is 1.80. The molecule has 0 fully saturated rings. The third kappa shape index (κ3) is 4.49. The zero-order chi connectivity index (χ0) is 23.4. The van der Waals surface area contributed by atoms with E-state index in [-0.39, 0.29) is 5.97 Å². The smallest absolute Gasteiger partial charge is 0.338 e. The van der Waals surface area contributed by atoms with E-state index < -0.39 is 5.82 Å². The van der Waals surface area contributed by atoms with Gasteiger partial charge in [-0.3, -0.25) is 0 Å². The van der Waals surface area contributed by atoms with Crippen LogP contribution in [0.25, 0.3) is 21.5 Å². The highest BCUT2D eigenvalue weighted by molar-refractivity contribution is 7.13. The van der Waals surface area contributed by atoms with E-state index in [1.807, 2.05) is 0 Å². The number of anilines is 1. The first-order valence-corrected chi connectivity index (χ1v) is 11.0. The van der Waals surface area contributed by atoms with Crippen LogP contribution in [0.1, 0.15) is 23.0 Å². The fourth-order valence-electron chi connectivity index (χ4n) is 3.49. The fourth-order valence-corrected chi connectivity index (χ4v) is 4.34. The van der Waals surface area contributed by atoms with Crippen LogP contribution in [-0.4, -0.2) is 40.8 Å². The number of aromatic nitrogens is 3. The molecule has 4 aromatic rings. The third-order valence-corrected chi connectivity index (χ3v) is 5.93. The summed E-state index contributed by atoms with van der Waals surface area (Å²) in [5.74, 6) is 0.280. The van der Waals surface area contributed by atoms with Gasteiger partial charge in [0.25, 0.3) is 0 Å². The van der Waals surface area contributed by atoms with Gasteiger partial charge in [0.1, 0.15) is 35.5 Å². The summed E-state index contributed by atoms with van der Waals surface area (Å²) >= 11 is 1.39. The topological polar surface area (TPSA) is 102 Å². The second-order valence-electron chi connectivity index (χ2n) is 6.94. The average molecular weight is 466 g/mol. The van der Waals surface area contributed by atoms with E-state index in [0.29, 0.717) is 59.1 Å². The maximum absolute atomic E-state index is 14.6. The van der Waals surface area contributed by atoms with Crippen molar-refractivity contribution in [3.05, 3.63) is 59.1 Å². The van der Waals surface area contributed by atoms with E-state index in [9.17, 15) is 14.4 Å². The summed E-state index contributed by atoms with van der Waals surface area (Å²) in [7, 11) is 1.51. The molecular weight excluding hydrogens is 445 g/mol. The van der Waals surface area contributed by atoms with Crippen LogP contribution in [0.3, 0.4) is 0 Å². The Labute approximate surface area is 193 Å². The van der Waals surface area contributed by atoms with Crippen molar-refractivity contribution in [1.29, 1.82) is 5.26 Å². The lowest BCUT2D eigenvalue weighted by atomic mass is 10.2. The fraction of sp³-hybridized carbons (Fsp3) is 0.217. The van der Waals surface area contributed by atoms with Crippen molar-refractivity contribution in [2.75, 3.05) is 25.6 Å². The lowest BCUT2D eigenvalue weighted by molar-refractivity contribution is 0.0527. The first-order chi connectivity index (χ1) is 16.0. The Hall–Kier alpha value is -3.97. The van der Waals surface area contributed by atoms with E-state index in [2.05, 4.69) is 21.4 Å². The lowest BCUT2D eigenvalue weighted by Gasteiger charge is -2.11. The minimum atomic E-state index is -0.424. The summed E-state index contributed by atoms with van der Waals surface area (Å²) in [4.78, 5) is 21.2. The quantitative estimate of drug-likeness (QED) is 0.383. The molecule has 33 heavy (non-hydrogen) atoms. The number of esters is 1. The zero-order valence-electron chi connectivity index (χ0n) is 18.0. The minimum Gasteiger partial charge on any atom is -0.496 e. The predicted octanol–water partition coefficient (Wildman–Crippen LogP) is 4.47. The lowest BCUT2D eigenvalue weighted by Crippen LogP contribution is -2.13. The zero-order valence-corrected chi connectivity index (χ0v) is 18.8. The van der Waals surface area contributed by atoms with Crippen molar-refractivity contribution in [2.45, 2.75) is 13.5 Å². The molecule has 0 atom stereocenters. The number of thiophene rings is 1. The van der Waals surface area contributed by atoms with Gasteiger partial charge in [0.15, 0.2) is 0 Å². The van der Waals surface area contributed by atoms with E-state index in [1.165, 1.54) is 30.8 Å². The highest BCUT2D eigenvalue weighted by Gasteiger charge is 2.16. The van der Waals surface area contributed by atoms with Crippen molar-refractivity contribution in [3.8, 4) is 22.4 Å². The van der Waals surface area contributed by atoms with Gasteiger partial charge in [0.2, 0.25) is 0 Å². The Morgan fingerprint density at radius 3 is 2.91 bits per heavy atom. The summed E-state index contributed by atoms with van der Waals surface area (Å²) in [6, 6.07) is 10.1. The number of nitrogens with one attached hydrogen (secondary N) is 1. The molecule has 0 aliphatic rings. The largest absolute Gasteiger partial charge is 0.496 e. The van der Waals surface area contributed by atoms with Crippen molar-refractivity contribution >= 4 is 34.0 Å². The SMILES string of the molecule is CCOC(=O)c1csc(-c2cc(NCCn3c(C#N)cc4c(OC)ccc(F)c43)ncn2)c1. The molecule has 1 aromatic carbocycles. The molecule has 4 rings (SSSR count). The van der Waals surface area contributed by atoms with Gasteiger partial charge in [0, 0.05) is 29.9 Å². The van der Waals surface area contributed by atoms with Gasteiger partial charge in [0.05, 0.1) is 35.4 Å². The number of ether oxygens (including phenoxy) is 2. The maximum atomic E-state index is 14.6. The van der Waals surface area contributed by atoms with Crippen molar-refractivity contribution in [3.63, 3.8) is 0 Å². The van der Waals surface area contributed by atoms with Crippen LogP contribution in [0.5, 0.6) is 5.75 Å². The second kappa shape index (κ2) is 9.67. The summed E-state index contributed by atoms with van der Waals surface area (Å²) in [6.45, 7) is 2.80. The number of methoxy groups -OCH3 is 1. The van der Waals surface area contributed by atoms with Gasteiger partial charge in [-0.15, -0.1) is 11.3 Å². The predicted molar refractivity (Wildman–Crippen MR) is 123 cm³/mol.